The van der Waals surface area contributed by atoms with Gasteiger partial charge in [-0.3, -0.25) is 4.79 Å². The second-order valence-electron chi connectivity index (χ2n) is 8.07. The summed E-state index contributed by atoms with van der Waals surface area (Å²) in [5, 5.41) is 0. The fourth-order valence-corrected chi connectivity index (χ4v) is 4.36. The third-order valence-electron chi connectivity index (χ3n) is 6.01. The van der Waals surface area contributed by atoms with Crippen LogP contribution in [0.4, 0.5) is 5.69 Å². The maximum Gasteiger partial charge on any atom is 0.258 e. The summed E-state index contributed by atoms with van der Waals surface area (Å²) in [7, 11) is 0. The van der Waals surface area contributed by atoms with Crippen LogP contribution < -0.4 is 9.64 Å². The molecule has 0 atom stereocenters. The Morgan fingerprint density at radius 1 is 0.970 bits per heavy atom. The highest BCUT2D eigenvalue weighted by Crippen LogP contribution is 2.32. The number of hydrogen-bond donors (Lipinski definition) is 1. The maximum absolute atomic E-state index is 13.1. The van der Waals surface area contributed by atoms with E-state index in [9.17, 15) is 4.79 Å². The molecule has 1 aliphatic rings. The molecule has 33 heavy (non-hydrogen) atoms. The van der Waals surface area contributed by atoms with E-state index < -0.39 is 0 Å². The van der Waals surface area contributed by atoms with E-state index in [0.717, 1.165) is 50.7 Å². The van der Waals surface area contributed by atoms with Crippen molar-refractivity contribution in [2.45, 2.75) is 13.5 Å². The first-order chi connectivity index (χ1) is 16.2. The van der Waals surface area contributed by atoms with Crippen molar-refractivity contribution >= 4 is 22.6 Å². The van der Waals surface area contributed by atoms with Crippen molar-refractivity contribution in [2.24, 2.45) is 0 Å². The normalized spacial score (nSPS) is 13.0. The van der Waals surface area contributed by atoms with E-state index in [1.165, 1.54) is 0 Å². The Morgan fingerprint density at radius 3 is 2.55 bits per heavy atom. The number of carbonyl (C=O) groups excluding carboxylic acids is 1. The van der Waals surface area contributed by atoms with Gasteiger partial charge in [0, 0.05) is 34.9 Å². The average molecular weight is 434 g/mol. The molecule has 5 aromatic rings. The van der Waals surface area contributed by atoms with Crippen LogP contribution in [-0.4, -0.2) is 27.0 Å². The van der Waals surface area contributed by atoms with Crippen LogP contribution >= 0.6 is 0 Å². The van der Waals surface area contributed by atoms with Crippen LogP contribution in [0.2, 0.25) is 0 Å². The largest absolute Gasteiger partial charge is 0.494 e. The van der Waals surface area contributed by atoms with E-state index in [2.05, 4.69) is 11.1 Å². The van der Waals surface area contributed by atoms with E-state index >= 15 is 0 Å². The van der Waals surface area contributed by atoms with Crippen molar-refractivity contribution in [3.8, 4) is 22.8 Å². The predicted molar refractivity (Wildman–Crippen MR) is 129 cm³/mol. The number of amides is 1. The summed E-state index contributed by atoms with van der Waals surface area (Å²) in [5.41, 5.74) is 6.42. The van der Waals surface area contributed by atoms with Crippen LogP contribution in [-0.2, 0) is 6.54 Å². The van der Waals surface area contributed by atoms with Crippen LogP contribution in [0, 0.1) is 0 Å². The molecule has 0 unspecified atom stereocenters. The fraction of sp³-hybridized carbons (Fsp3) is 0.111. The molecule has 3 heterocycles. The van der Waals surface area contributed by atoms with E-state index in [1.807, 2.05) is 95.5 Å². The quantitative estimate of drug-likeness (QED) is 0.393. The van der Waals surface area contributed by atoms with E-state index in [4.69, 9.17) is 9.72 Å². The third kappa shape index (κ3) is 3.36. The number of fused-ring (bicyclic) bond motifs is 2. The van der Waals surface area contributed by atoms with Crippen molar-refractivity contribution < 1.29 is 9.53 Å². The summed E-state index contributed by atoms with van der Waals surface area (Å²) in [4.78, 5) is 23.1. The molecule has 0 spiro atoms. The van der Waals surface area contributed by atoms with Crippen molar-refractivity contribution in [1.29, 1.82) is 0 Å². The van der Waals surface area contributed by atoms with Crippen molar-refractivity contribution in [1.82, 2.24) is 14.5 Å². The molecule has 0 fully saturated rings. The second kappa shape index (κ2) is 7.67. The van der Waals surface area contributed by atoms with Gasteiger partial charge in [0.25, 0.3) is 5.91 Å². The van der Waals surface area contributed by atoms with Gasteiger partial charge in [0.2, 0.25) is 0 Å². The number of ether oxygens (including phenoxy) is 1. The number of benzene rings is 3. The lowest BCUT2D eigenvalue weighted by Crippen LogP contribution is -2.22. The van der Waals surface area contributed by atoms with Gasteiger partial charge in [0.05, 0.1) is 24.2 Å². The summed E-state index contributed by atoms with van der Waals surface area (Å²) in [6.07, 6.45) is 4.01. The van der Waals surface area contributed by atoms with Gasteiger partial charge < -0.3 is 19.2 Å². The van der Waals surface area contributed by atoms with E-state index in [0.29, 0.717) is 13.2 Å². The van der Waals surface area contributed by atoms with Crippen LogP contribution in [0.25, 0.3) is 28.1 Å². The minimum atomic E-state index is 0.0191. The molecule has 0 radical (unpaired) electrons. The molecule has 6 rings (SSSR count). The average Bonchev–Trinajstić information content (AvgIpc) is 3.58. The molecule has 0 saturated carbocycles. The van der Waals surface area contributed by atoms with Crippen LogP contribution in [0.1, 0.15) is 22.8 Å². The number of hydrogen-bond acceptors (Lipinski definition) is 3. The Hall–Kier alpha value is -4.32. The van der Waals surface area contributed by atoms with Crippen LogP contribution in [0.15, 0.2) is 85.2 Å². The summed E-state index contributed by atoms with van der Waals surface area (Å²) in [5.74, 6) is 1.65. The Kier molecular flexibility index (Phi) is 4.50. The number of nitrogens with zero attached hydrogens (tertiary/aromatic N) is 3. The number of rotatable bonds is 5. The van der Waals surface area contributed by atoms with Gasteiger partial charge in [-0.2, -0.15) is 0 Å². The Balaban J connectivity index is 1.29. The number of imidazole rings is 1. The first-order valence-electron chi connectivity index (χ1n) is 11.0. The number of carbonyl (C=O) groups is 1. The van der Waals surface area contributed by atoms with Gasteiger partial charge in [-0.05, 0) is 85.3 Å². The smallest absolute Gasteiger partial charge is 0.258 e. The molecule has 6 nitrogen and oxygen atoms in total. The number of H-pyrrole nitrogens is 1. The first kappa shape index (κ1) is 19.4. The zero-order valence-corrected chi connectivity index (χ0v) is 18.2. The molecule has 0 aliphatic carbocycles. The summed E-state index contributed by atoms with van der Waals surface area (Å²) >= 11 is 0. The highest BCUT2D eigenvalue weighted by molar-refractivity contribution is 6.10. The van der Waals surface area contributed by atoms with Gasteiger partial charge >= 0.3 is 0 Å². The standard InChI is InChI=1S/C27H22N4O2/c1-2-33-22-9-5-18(6-10-22)26-28-24-12-8-21(16-25(24)29-26)31-17-19-15-20(30-13-3-4-14-30)7-11-23(19)27(31)32/h3-16H,2,17H2,1H3,(H,28,29). The molecule has 1 N–H and O–H groups in total. The lowest BCUT2D eigenvalue weighted by Gasteiger charge is -2.15. The van der Waals surface area contributed by atoms with Gasteiger partial charge in [0.15, 0.2) is 0 Å². The summed E-state index contributed by atoms with van der Waals surface area (Å²) in [6, 6.07) is 23.8. The van der Waals surface area contributed by atoms with Crippen molar-refractivity contribution in [3.63, 3.8) is 0 Å². The lowest BCUT2D eigenvalue weighted by atomic mass is 10.1. The molecule has 162 valence electrons. The van der Waals surface area contributed by atoms with Crippen molar-refractivity contribution in [3.05, 3.63) is 96.3 Å². The molecule has 2 aromatic heterocycles. The summed E-state index contributed by atoms with van der Waals surface area (Å²) < 4.78 is 7.57. The lowest BCUT2D eigenvalue weighted by molar-refractivity contribution is 0.0996. The van der Waals surface area contributed by atoms with Gasteiger partial charge in [-0.25, -0.2) is 4.98 Å². The molecule has 1 aliphatic heterocycles. The Morgan fingerprint density at radius 2 is 1.76 bits per heavy atom. The number of anilines is 1. The number of aromatic amines is 1. The topological polar surface area (TPSA) is 63.1 Å². The highest BCUT2D eigenvalue weighted by atomic mass is 16.5. The van der Waals surface area contributed by atoms with Crippen molar-refractivity contribution in [2.75, 3.05) is 11.5 Å². The second-order valence-corrected chi connectivity index (χ2v) is 8.07. The van der Waals surface area contributed by atoms with Crippen LogP contribution in [0.5, 0.6) is 5.75 Å². The minimum absolute atomic E-state index is 0.0191. The predicted octanol–water partition coefficient (Wildman–Crippen LogP) is 5.58. The zero-order valence-electron chi connectivity index (χ0n) is 18.2. The zero-order chi connectivity index (χ0) is 22.4. The molecule has 1 amide bonds. The third-order valence-corrected chi connectivity index (χ3v) is 6.01. The van der Waals surface area contributed by atoms with Gasteiger partial charge in [-0.1, -0.05) is 0 Å². The van der Waals surface area contributed by atoms with Gasteiger partial charge in [-0.15, -0.1) is 0 Å². The van der Waals surface area contributed by atoms with Crippen LogP contribution in [0.3, 0.4) is 0 Å². The summed E-state index contributed by atoms with van der Waals surface area (Å²) in [6.45, 7) is 3.15. The SMILES string of the molecule is CCOc1ccc(-c2nc3cc(N4Cc5cc(-n6cccc6)ccc5C4=O)ccc3[nH]2)cc1. The van der Waals surface area contributed by atoms with Gasteiger partial charge in [0.1, 0.15) is 11.6 Å². The highest BCUT2D eigenvalue weighted by Gasteiger charge is 2.29. The minimum Gasteiger partial charge on any atom is -0.494 e. The maximum atomic E-state index is 13.1. The monoisotopic (exact) mass is 434 g/mol. The first-order valence-corrected chi connectivity index (χ1v) is 11.0. The number of nitrogens with one attached hydrogen (secondary N) is 1. The number of aromatic nitrogens is 3. The molecular weight excluding hydrogens is 412 g/mol. The van der Waals surface area contributed by atoms with E-state index in [-0.39, 0.29) is 5.91 Å². The molecule has 0 bridgehead atoms. The molecule has 3 aromatic carbocycles. The fourth-order valence-electron chi connectivity index (χ4n) is 4.36. The Labute approximate surface area is 191 Å². The molecule has 0 saturated heterocycles. The molecule has 6 heteroatoms. The molecular formula is C27H22N4O2. The Bertz CT molecular complexity index is 1470. The van der Waals surface area contributed by atoms with E-state index in [1.54, 1.807) is 0 Å².